The fraction of sp³-hybridized carbons (Fsp3) is 0.742. The van der Waals surface area contributed by atoms with Crippen molar-refractivity contribution in [3.05, 3.63) is 35.9 Å². The second-order valence-corrected chi connectivity index (χ2v) is 12.4. The summed E-state index contributed by atoms with van der Waals surface area (Å²) in [5.74, 6) is 1.70. The molecule has 3 fully saturated rings. The van der Waals surface area contributed by atoms with Crippen molar-refractivity contribution in [3.63, 3.8) is 0 Å². The van der Waals surface area contributed by atoms with Gasteiger partial charge in [0.2, 0.25) is 0 Å². The van der Waals surface area contributed by atoms with Gasteiger partial charge in [0, 0.05) is 0 Å². The highest BCUT2D eigenvalue weighted by atomic mass is 16.6. The van der Waals surface area contributed by atoms with Crippen molar-refractivity contribution in [1.82, 2.24) is 4.90 Å². The monoisotopic (exact) mass is 513 g/mol. The molecule has 1 saturated heterocycles. The van der Waals surface area contributed by atoms with Crippen LogP contribution in [0.1, 0.15) is 91.0 Å². The Morgan fingerprint density at radius 1 is 1.03 bits per heavy atom. The van der Waals surface area contributed by atoms with Crippen molar-refractivity contribution in [3.8, 4) is 0 Å². The number of hydrogen-bond acceptors (Lipinski definition) is 5. The Labute approximate surface area is 223 Å². The van der Waals surface area contributed by atoms with E-state index in [1.54, 1.807) is 4.90 Å². The first-order valence-corrected chi connectivity index (χ1v) is 14.5. The zero-order valence-corrected chi connectivity index (χ0v) is 23.5. The molecule has 37 heavy (non-hydrogen) atoms. The van der Waals surface area contributed by atoms with Crippen LogP contribution in [0.15, 0.2) is 30.3 Å². The Kier molecular flexibility index (Phi) is 9.20. The number of benzene rings is 1. The molecule has 206 valence electrons. The van der Waals surface area contributed by atoms with Crippen molar-refractivity contribution < 1.29 is 23.8 Å². The Bertz CT molecular complexity index is 898. The second-order valence-electron chi connectivity index (χ2n) is 12.4. The largest absolute Gasteiger partial charge is 0.469 e. The number of nitrogens with zero attached hydrogens (tertiary/aromatic N) is 1. The quantitative estimate of drug-likeness (QED) is 0.352. The summed E-state index contributed by atoms with van der Waals surface area (Å²) in [6.45, 7) is 8.44. The molecular formula is C31H47NO5. The van der Waals surface area contributed by atoms with Crippen LogP contribution in [0.2, 0.25) is 0 Å². The summed E-state index contributed by atoms with van der Waals surface area (Å²) in [4.78, 5) is 28.5. The Balaban J connectivity index is 1.55. The molecule has 1 aliphatic heterocycles. The average molecular weight is 514 g/mol. The lowest BCUT2D eigenvalue weighted by Gasteiger charge is -2.44. The molecule has 0 aromatic heterocycles. The van der Waals surface area contributed by atoms with E-state index in [-0.39, 0.29) is 36.7 Å². The van der Waals surface area contributed by atoms with Gasteiger partial charge < -0.3 is 14.2 Å². The normalized spacial score (nSPS) is 30.0. The molecule has 2 aliphatic carbocycles. The van der Waals surface area contributed by atoms with Crippen LogP contribution < -0.4 is 0 Å². The van der Waals surface area contributed by atoms with E-state index in [1.807, 2.05) is 44.2 Å². The number of ether oxygens (including phenoxy) is 3. The van der Waals surface area contributed by atoms with Crippen LogP contribution in [0.3, 0.4) is 0 Å². The molecular weight excluding hydrogens is 466 g/mol. The topological polar surface area (TPSA) is 65.1 Å². The summed E-state index contributed by atoms with van der Waals surface area (Å²) in [6.07, 6.45) is 9.41. The summed E-state index contributed by atoms with van der Waals surface area (Å²) in [5, 5.41) is 0. The summed E-state index contributed by atoms with van der Waals surface area (Å²) in [5.41, 5.74) is 0.134. The molecule has 6 heteroatoms. The Hall–Kier alpha value is -2.08. The maximum atomic E-state index is 13.5. The van der Waals surface area contributed by atoms with E-state index in [2.05, 4.69) is 13.8 Å². The zero-order chi connectivity index (χ0) is 26.6. The third-order valence-electron chi connectivity index (χ3n) is 9.03. The highest BCUT2D eigenvalue weighted by Crippen LogP contribution is 2.49. The van der Waals surface area contributed by atoms with Crippen molar-refractivity contribution in [2.24, 2.45) is 29.6 Å². The molecule has 1 aromatic rings. The molecule has 1 amide bonds. The van der Waals surface area contributed by atoms with Gasteiger partial charge in [-0.25, -0.2) is 4.79 Å². The lowest BCUT2D eigenvalue weighted by Crippen LogP contribution is -2.49. The van der Waals surface area contributed by atoms with Crippen LogP contribution in [0.25, 0.3) is 0 Å². The molecule has 0 radical (unpaired) electrons. The minimum Gasteiger partial charge on any atom is -0.469 e. The van der Waals surface area contributed by atoms with Gasteiger partial charge in [-0.15, -0.1) is 0 Å². The van der Waals surface area contributed by atoms with Crippen molar-refractivity contribution in [2.75, 3.05) is 7.11 Å². The van der Waals surface area contributed by atoms with Crippen LogP contribution >= 0.6 is 0 Å². The second kappa shape index (κ2) is 12.2. The van der Waals surface area contributed by atoms with Gasteiger partial charge in [0.05, 0.1) is 25.2 Å². The summed E-state index contributed by atoms with van der Waals surface area (Å²) in [7, 11) is 1.51. The van der Waals surface area contributed by atoms with Crippen LogP contribution in [0, 0.1) is 29.6 Å². The van der Waals surface area contributed by atoms with Gasteiger partial charge >= 0.3 is 12.1 Å². The number of carbonyl (C=O) groups is 2. The molecule has 4 unspecified atom stereocenters. The minimum atomic E-state index is -0.821. The minimum absolute atomic E-state index is 0.119. The van der Waals surface area contributed by atoms with Gasteiger partial charge in [0.25, 0.3) is 0 Å². The van der Waals surface area contributed by atoms with E-state index in [4.69, 9.17) is 14.2 Å². The number of rotatable bonds is 8. The zero-order valence-electron chi connectivity index (χ0n) is 23.5. The molecule has 2 saturated carbocycles. The predicted molar refractivity (Wildman–Crippen MR) is 144 cm³/mol. The lowest BCUT2D eigenvalue weighted by molar-refractivity contribution is -0.153. The van der Waals surface area contributed by atoms with Gasteiger partial charge in [-0.05, 0) is 68.8 Å². The fourth-order valence-electron chi connectivity index (χ4n) is 7.50. The SMILES string of the molecule is COC(=O)C(C[C@@H]1OC(C)(C)N(C(=O)OCc2ccccc2)[C@H]1CC(C)C)C1CCCC2CCCCC21. The number of methoxy groups -OCH3 is 1. The smallest absolute Gasteiger partial charge is 0.412 e. The van der Waals surface area contributed by atoms with Crippen LogP contribution in [0.4, 0.5) is 4.79 Å². The summed E-state index contributed by atoms with van der Waals surface area (Å²) >= 11 is 0. The number of esters is 1. The Morgan fingerprint density at radius 3 is 2.43 bits per heavy atom. The fourth-order valence-corrected chi connectivity index (χ4v) is 7.50. The van der Waals surface area contributed by atoms with E-state index in [9.17, 15) is 9.59 Å². The highest BCUT2D eigenvalue weighted by molar-refractivity contribution is 5.73. The first-order valence-electron chi connectivity index (χ1n) is 14.5. The molecule has 3 aliphatic rings. The van der Waals surface area contributed by atoms with Gasteiger partial charge in [-0.3, -0.25) is 9.69 Å². The average Bonchev–Trinajstić information content (AvgIpc) is 3.13. The van der Waals surface area contributed by atoms with Gasteiger partial charge in [0.15, 0.2) is 0 Å². The molecule has 0 bridgehead atoms. The maximum Gasteiger partial charge on any atom is 0.412 e. The molecule has 0 N–H and O–H groups in total. The van der Waals surface area contributed by atoms with E-state index in [0.29, 0.717) is 24.2 Å². The van der Waals surface area contributed by atoms with Gasteiger partial charge in [-0.2, -0.15) is 0 Å². The standard InChI is InChI=1S/C31H47NO5/c1-21(2)18-27-28(37-31(3,4)32(27)30(34)36-20-22-12-7-6-8-13-22)19-26(29(33)35-5)25-17-11-15-23-14-9-10-16-24(23)25/h6-8,12-13,21,23-28H,9-11,14-20H2,1-5H3/t23?,24?,25?,26?,27-,28-/m0/s1. The predicted octanol–water partition coefficient (Wildman–Crippen LogP) is 6.96. The van der Waals surface area contributed by atoms with E-state index in [1.165, 1.54) is 45.6 Å². The van der Waals surface area contributed by atoms with Crippen LogP contribution in [-0.4, -0.2) is 41.9 Å². The number of hydrogen-bond donors (Lipinski definition) is 0. The van der Waals surface area contributed by atoms with Crippen molar-refractivity contribution >= 4 is 12.1 Å². The van der Waals surface area contributed by atoms with Crippen molar-refractivity contribution in [2.45, 2.75) is 110 Å². The number of amides is 1. The van der Waals surface area contributed by atoms with E-state index >= 15 is 0 Å². The molecule has 6 nitrogen and oxygen atoms in total. The first-order chi connectivity index (χ1) is 17.7. The number of fused-ring (bicyclic) bond motifs is 1. The summed E-state index contributed by atoms with van der Waals surface area (Å²) in [6, 6.07) is 9.59. The van der Waals surface area contributed by atoms with Crippen LogP contribution in [-0.2, 0) is 25.6 Å². The lowest BCUT2D eigenvalue weighted by atomic mass is 9.61. The third kappa shape index (κ3) is 6.50. The number of carbonyl (C=O) groups excluding carboxylic acids is 2. The molecule has 1 aromatic carbocycles. The molecule has 6 atom stereocenters. The third-order valence-corrected chi connectivity index (χ3v) is 9.03. The molecule has 0 spiro atoms. The van der Waals surface area contributed by atoms with Crippen LogP contribution in [0.5, 0.6) is 0 Å². The van der Waals surface area contributed by atoms with E-state index < -0.39 is 5.72 Å². The summed E-state index contributed by atoms with van der Waals surface area (Å²) < 4.78 is 17.8. The van der Waals surface area contributed by atoms with Gasteiger partial charge in [0.1, 0.15) is 12.3 Å². The maximum absolute atomic E-state index is 13.5. The van der Waals surface area contributed by atoms with Gasteiger partial charge in [-0.1, -0.05) is 76.3 Å². The van der Waals surface area contributed by atoms with Crippen molar-refractivity contribution in [1.29, 1.82) is 0 Å². The molecule has 4 rings (SSSR count). The first kappa shape index (κ1) is 27.9. The van der Waals surface area contributed by atoms with E-state index in [0.717, 1.165) is 24.3 Å². The molecule has 1 heterocycles. The highest BCUT2D eigenvalue weighted by Gasteiger charge is 2.53. The Morgan fingerprint density at radius 2 is 1.73 bits per heavy atom.